The zero-order chi connectivity index (χ0) is 22.8. The van der Waals surface area contributed by atoms with Gasteiger partial charge in [0.25, 0.3) is 5.91 Å². The molecule has 0 aliphatic heterocycles. The van der Waals surface area contributed by atoms with Crippen LogP contribution in [0.4, 0.5) is 5.69 Å². The Morgan fingerprint density at radius 1 is 1.06 bits per heavy atom. The topological polar surface area (TPSA) is 67.2 Å². The second-order valence-corrected chi connectivity index (χ2v) is 8.68. The molecule has 0 fully saturated rings. The molecule has 0 aliphatic rings. The fraction of sp³-hybridized carbons (Fsp3) is 0.125. The Morgan fingerprint density at radius 3 is 2.62 bits per heavy atom. The number of amides is 1. The number of carbonyl (C=O) groups is 1. The van der Waals surface area contributed by atoms with Gasteiger partial charge in [0.2, 0.25) is 5.89 Å². The van der Waals surface area contributed by atoms with Crippen LogP contribution >= 0.6 is 35.4 Å². The number of nitrogens with one attached hydrogen (secondary N) is 2. The van der Waals surface area contributed by atoms with E-state index in [2.05, 4.69) is 29.5 Å². The van der Waals surface area contributed by atoms with Gasteiger partial charge in [-0.1, -0.05) is 55.2 Å². The number of carbonyl (C=O) groups excluding carboxylic acids is 1. The van der Waals surface area contributed by atoms with Gasteiger partial charge in [0.05, 0.1) is 15.6 Å². The summed E-state index contributed by atoms with van der Waals surface area (Å²) in [5.74, 6) is 0.460. The lowest BCUT2D eigenvalue weighted by atomic mass is 10.0. The van der Waals surface area contributed by atoms with Gasteiger partial charge in [-0.15, -0.1) is 0 Å². The number of nitrogens with zero attached hydrogens (tertiary/aromatic N) is 1. The van der Waals surface area contributed by atoms with Crippen LogP contribution in [0.2, 0.25) is 10.0 Å². The molecule has 4 rings (SSSR count). The highest BCUT2D eigenvalue weighted by Gasteiger charge is 2.15. The molecule has 0 saturated carbocycles. The molecule has 2 N–H and O–H groups in total. The standard InChI is InChI=1S/C24H19Cl2N3O2S/c1-13(2)14-9-10-20-19(12-14)28-23(31-20)15-5-3-6-16(11-15)27-24(32)29-22(30)17-7-4-8-18(25)21(17)26/h3-13H,1-2H3,(H2,27,29,30,32). The second kappa shape index (κ2) is 9.28. The number of rotatable bonds is 4. The van der Waals surface area contributed by atoms with E-state index >= 15 is 0 Å². The van der Waals surface area contributed by atoms with Crippen LogP contribution in [0, 0.1) is 0 Å². The van der Waals surface area contributed by atoms with Crippen molar-refractivity contribution in [3.05, 3.63) is 81.8 Å². The first-order valence-corrected chi connectivity index (χ1v) is 11.1. The lowest BCUT2D eigenvalue weighted by Crippen LogP contribution is -2.34. The van der Waals surface area contributed by atoms with E-state index in [1.54, 1.807) is 18.2 Å². The summed E-state index contributed by atoms with van der Waals surface area (Å²) in [5, 5.41) is 6.21. The third-order valence-electron chi connectivity index (χ3n) is 4.87. The number of oxazole rings is 1. The summed E-state index contributed by atoms with van der Waals surface area (Å²) in [4.78, 5) is 17.1. The molecule has 0 saturated heterocycles. The first-order chi connectivity index (χ1) is 15.3. The van der Waals surface area contributed by atoms with E-state index in [1.165, 1.54) is 5.56 Å². The quantitative estimate of drug-likeness (QED) is 0.304. The van der Waals surface area contributed by atoms with Crippen molar-refractivity contribution in [3.63, 3.8) is 0 Å². The molecule has 32 heavy (non-hydrogen) atoms. The summed E-state index contributed by atoms with van der Waals surface area (Å²) in [6.07, 6.45) is 0. The zero-order valence-corrected chi connectivity index (χ0v) is 19.6. The maximum absolute atomic E-state index is 12.5. The minimum atomic E-state index is -0.453. The van der Waals surface area contributed by atoms with E-state index < -0.39 is 5.91 Å². The first-order valence-electron chi connectivity index (χ1n) is 9.89. The number of halogens is 2. The number of thiocarbonyl (C=S) groups is 1. The molecule has 0 bridgehead atoms. The number of hydrogen-bond acceptors (Lipinski definition) is 4. The number of hydrogen-bond donors (Lipinski definition) is 2. The molecule has 1 amide bonds. The van der Waals surface area contributed by atoms with Gasteiger partial charge in [-0.2, -0.15) is 0 Å². The summed E-state index contributed by atoms with van der Waals surface area (Å²) in [7, 11) is 0. The fourth-order valence-corrected chi connectivity index (χ4v) is 3.77. The Balaban J connectivity index is 1.50. The summed E-state index contributed by atoms with van der Waals surface area (Å²) in [6.45, 7) is 4.28. The van der Waals surface area contributed by atoms with Gasteiger partial charge in [-0.25, -0.2) is 4.98 Å². The van der Waals surface area contributed by atoms with E-state index in [0.717, 1.165) is 16.7 Å². The maximum Gasteiger partial charge on any atom is 0.258 e. The van der Waals surface area contributed by atoms with Gasteiger partial charge < -0.3 is 9.73 Å². The lowest BCUT2D eigenvalue weighted by molar-refractivity contribution is 0.0978. The van der Waals surface area contributed by atoms with Crippen molar-refractivity contribution in [1.29, 1.82) is 0 Å². The SMILES string of the molecule is CC(C)c1ccc2oc(-c3cccc(NC(=S)NC(=O)c4cccc(Cl)c4Cl)c3)nc2c1. The van der Waals surface area contributed by atoms with Crippen LogP contribution in [0.15, 0.2) is 65.1 Å². The number of fused-ring (bicyclic) bond motifs is 1. The van der Waals surface area contributed by atoms with E-state index in [1.807, 2.05) is 42.5 Å². The molecule has 0 aliphatic carbocycles. The normalized spacial score (nSPS) is 11.0. The van der Waals surface area contributed by atoms with Crippen LogP contribution in [0.3, 0.4) is 0 Å². The van der Waals surface area contributed by atoms with Gasteiger partial charge >= 0.3 is 0 Å². The van der Waals surface area contributed by atoms with Crippen molar-refractivity contribution in [3.8, 4) is 11.5 Å². The van der Waals surface area contributed by atoms with Gasteiger partial charge in [-0.05, 0) is 66.2 Å². The summed E-state index contributed by atoms with van der Waals surface area (Å²) in [6, 6.07) is 18.3. The molecule has 1 heterocycles. The number of benzene rings is 3. The van der Waals surface area contributed by atoms with Crippen LogP contribution in [-0.2, 0) is 0 Å². The summed E-state index contributed by atoms with van der Waals surface area (Å²) in [5.41, 5.74) is 4.44. The average Bonchev–Trinajstić information content (AvgIpc) is 3.19. The Morgan fingerprint density at radius 2 is 1.84 bits per heavy atom. The Bertz CT molecular complexity index is 1330. The molecule has 0 radical (unpaired) electrons. The molecule has 162 valence electrons. The highest BCUT2D eigenvalue weighted by Crippen LogP contribution is 2.28. The monoisotopic (exact) mass is 483 g/mol. The minimum absolute atomic E-state index is 0.127. The van der Waals surface area contributed by atoms with Crippen molar-refractivity contribution in [2.24, 2.45) is 0 Å². The van der Waals surface area contributed by atoms with Gasteiger partial charge in [-0.3, -0.25) is 10.1 Å². The van der Waals surface area contributed by atoms with Crippen molar-refractivity contribution in [2.45, 2.75) is 19.8 Å². The van der Waals surface area contributed by atoms with E-state index in [4.69, 9.17) is 39.8 Å². The third kappa shape index (κ3) is 4.78. The predicted molar refractivity (Wildman–Crippen MR) is 134 cm³/mol. The van der Waals surface area contributed by atoms with Crippen LogP contribution < -0.4 is 10.6 Å². The van der Waals surface area contributed by atoms with Crippen LogP contribution in [0.25, 0.3) is 22.6 Å². The van der Waals surface area contributed by atoms with Gasteiger partial charge in [0, 0.05) is 11.3 Å². The molecule has 1 aromatic heterocycles. The molecule has 0 spiro atoms. The fourth-order valence-electron chi connectivity index (χ4n) is 3.17. The number of anilines is 1. The lowest BCUT2D eigenvalue weighted by Gasteiger charge is -2.11. The largest absolute Gasteiger partial charge is 0.436 e. The Hall–Kier alpha value is -2.93. The van der Waals surface area contributed by atoms with E-state index in [9.17, 15) is 4.79 Å². The smallest absolute Gasteiger partial charge is 0.258 e. The molecular formula is C24H19Cl2N3O2S. The molecule has 0 unspecified atom stereocenters. The van der Waals surface area contributed by atoms with Crippen molar-refractivity contribution in [1.82, 2.24) is 10.3 Å². The van der Waals surface area contributed by atoms with E-state index in [-0.39, 0.29) is 15.7 Å². The van der Waals surface area contributed by atoms with Crippen molar-refractivity contribution < 1.29 is 9.21 Å². The molecule has 8 heteroatoms. The van der Waals surface area contributed by atoms with Crippen LogP contribution in [0.1, 0.15) is 35.7 Å². The molecule has 4 aromatic rings. The van der Waals surface area contributed by atoms with Gasteiger partial charge in [0.15, 0.2) is 10.7 Å². The van der Waals surface area contributed by atoms with Crippen molar-refractivity contribution in [2.75, 3.05) is 5.32 Å². The highest BCUT2D eigenvalue weighted by atomic mass is 35.5. The third-order valence-corrected chi connectivity index (χ3v) is 5.89. The Kier molecular flexibility index (Phi) is 6.46. The maximum atomic E-state index is 12.5. The molecular weight excluding hydrogens is 465 g/mol. The molecule has 0 atom stereocenters. The van der Waals surface area contributed by atoms with Crippen LogP contribution in [-0.4, -0.2) is 16.0 Å². The Labute approximate surface area is 200 Å². The number of aromatic nitrogens is 1. The molecule has 5 nitrogen and oxygen atoms in total. The predicted octanol–water partition coefficient (Wildman–Crippen LogP) is 7.05. The minimum Gasteiger partial charge on any atom is -0.436 e. The van der Waals surface area contributed by atoms with Gasteiger partial charge in [0.1, 0.15) is 5.52 Å². The highest BCUT2D eigenvalue weighted by molar-refractivity contribution is 7.80. The summed E-state index contributed by atoms with van der Waals surface area (Å²) >= 11 is 17.4. The van der Waals surface area contributed by atoms with Crippen molar-refractivity contribution >= 4 is 63.2 Å². The summed E-state index contributed by atoms with van der Waals surface area (Å²) < 4.78 is 5.93. The average molecular weight is 484 g/mol. The zero-order valence-electron chi connectivity index (χ0n) is 17.3. The van der Waals surface area contributed by atoms with E-state index in [0.29, 0.717) is 22.5 Å². The first kappa shape index (κ1) is 22.3. The molecule has 3 aromatic carbocycles. The van der Waals surface area contributed by atoms with Crippen LogP contribution in [0.5, 0.6) is 0 Å². The second-order valence-electron chi connectivity index (χ2n) is 7.49.